The van der Waals surface area contributed by atoms with Crippen molar-refractivity contribution in [2.24, 2.45) is 10.8 Å². The smallest absolute Gasteiger partial charge is 0.233 e. The van der Waals surface area contributed by atoms with E-state index in [1.54, 1.807) is 0 Å². The summed E-state index contributed by atoms with van der Waals surface area (Å²) >= 11 is 7.73. The number of likely N-dealkylation sites (tertiary alicyclic amines) is 1. The predicted molar refractivity (Wildman–Crippen MR) is 124 cm³/mol. The van der Waals surface area contributed by atoms with Crippen molar-refractivity contribution in [1.29, 1.82) is 0 Å². The average Bonchev–Trinajstić information content (AvgIpc) is 2.94. The number of nitrogens with zero attached hydrogens (tertiary/aromatic N) is 4. The Hall–Kier alpha value is -1.01. The second kappa shape index (κ2) is 8.50. The van der Waals surface area contributed by atoms with E-state index in [4.69, 9.17) is 16.6 Å². The number of thioether (sulfide) groups is 1. The van der Waals surface area contributed by atoms with E-state index in [1.165, 1.54) is 50.3 Å². The highest BCUT2D eigenvalue weighted by Gasteiger charge is 2.50. The Balaban J connectivity index is 1.40. The molecule has 7 heteroatoms. The summed E-state index contributed by atoms with van der Waals surface area (Å²) in [6, 6.07) is 2.73. The number of hydrogen-bond acceptors (Lipinski definition) is 5. The SMILES string of the molecule is CN(c1cc(Cl)nc(SCC(=O)N2CC3(C)CC2CC(C)(C)C3)n1)C1CCCCC1. The van der Waals surface area contributed by atoms with Crippen molar-refractivity contribution in [3.63, 3.8) is 0 Å². The fourth-order valence-electron chi connectivity index (χ4n) is 6.25. The normalized spacial score (nSPS) is 28.6. The Morgan fingerprint density at radius 1 is 1.23 bits per heavy atom. The van der Waals surface area contributed by atoms with Crippen LogP contribution in [0.2, 0.25) is 5.15 Å². The van der Waals surface area contributed by atoms with Gasteiger partial charge >= 0.3 is 0 Å². The van der Waals surface area contributed by atoms with Gasteiger partial charge in [-0.05, 0) is 42.9 Å². The highest BCUT2D eigenvalue weighted by Crippen LogP contribution is 2.52. The summed E-state index contributed by atoms with van der Waals surface area (Å²) in [4.78, 5) is 26.6. The van der Waals surface area contributed by atoms with Gasteiger partial charge in [0, 0.05) is 31.7 Å². The average molecular weight is 451 g/mol. The molecule has 2 atom stereocenters. The van der Waals surface area contributed by atoms with Crippen molar-refractivity contribution in [3.05, 3.63) is 11.2 Å². The maximum atomic E-state index is 13.1. The van der Waals surface area contributed by atoms with Gasteiger partial charge in [-0.3, -0.25) is 4.79 Å². The first-order valence-corrected chi connectivity index (χ1v) is 12.7. The first-order chi connectivity index (χ1) is 14.1. The van der Waals surface area contributed by atoms with E-state index < -0.39 is 0 Å². The summed E-state index contributed by atoms with van der Waals surface area (Å²) < 4.78 is 0. The van der Waals surface area contributed by atoms with Crippen LogP contribution in [0.5, 0.6) is 0 Å². The number of carbonyl (C=O) groups excluding carboxylic acids is 1. The molecule has 4 rings (SSSR count). The molecule has 2 bridgehead atoms. The van der Waals surface area contributed by atoms with Crippen LogP contribution in [0.1, 0.15) is 72.1 Å². The molecule has 30 heavy (non-hydrogen) atoms. The zero-order valence-corrected chi connectivity index (χ0v) is 20.4. The molecule has 2 unspecified atom stereocenters. The third kappa shape index (κ3) is 4.90. The van der Waals surface area contributed by atoms with Crippen molar-refractivity contribution in [2.75, 3.05) is 24.2 Å². The lowest BCUT2D eigenvalue weighted by molar-refractivity contribution is -0.129. The number of hydrogen-bond donors (Lipinski definition) is 0. The quantitative estimate of drug-likeness (QED) is 0.340. The van der Waals surface area contributed by atoms with E-state index in [0.29, 0.717) is 33.6 Å². The molecule has 166 valence electrons. The Morgan fingerprint density at radius 3 is 2.70 bits per heavy atom. The van der Waals surface area contributed by atoms with Crippen LogP contribution >= 0.6 is 23.4 Å². The first-order valence-electron chi connectivity index (χ1n) is 11.3. The molecule has 3 fully saturated rings. The summed E-state index contributed by atoms with van der Waals surface area (Å²) in [7, 11) is 2.10. The third-order valence-corrected chi connectivity index (χ3v) is 8.23. The van der Waals surface area contributed by atoms with E-state index in [-0.39, 0.29) is 11.3 Å². The van der Waals surface area contributed by atoms with E-state index in [9.17, 15) is 4.79 Å². The van der Waals surface area contributed by atoms with Gasteiger partial charge in [0.15, 0.2) is 5.16 Å². The third-order valence-electron chi connectivity index (χ3n) is 7.20. The van der Waals surface area contributed by atoms with Crippen LogP contribution in [-0.4, -0.2) is 52.2 Å². The zero-order chi connectivity index (χ0) is 21.5. The van der Waals surface area contributed by atoms with Crippen molar-refractivity contribution in [2.45, 2.75) is 89.4 Å². The summed E-state index contributed by atoms with van der Waals surface area (Å²) in [5.74, 6) is 1.44. The van der Waals surface area contributed by atoms with Crippen LogP contribution in [0.15, 0.2) is 11.2 Å². The lowest BCUT2D eigenvalue weighted by Gasteiger charge is -2.39. The Bertz CT molecular complexity index is 797. The second-order valence-electron chi connectivity index (χ2n) is 10.8. The number of halogens is 1. The van der Waals surface area contributed by atoms with Crippen molar-refractivity contribution in [1.82, 2.24) is 14.9 Å². The van der Waals surface area contributed by atoms with Crippen LogP contribution in [0, 0.1) is 10.8 Å². The van der Waals surface area contributed by atoms with Crippen LogP contribution in [0.4, 0.5) is 5.82 Å². The molecule has 0 spiro atoms. The molecule has 2 heterocycles. The van der Waals surface area contributed by atoms with Gasteiger partial charge in [0.2, 0.25) is 5.91 Å². The van der Waals surface area contributed by atoms with Crippen molar-refractivity contribution in [3.8, 4) is 0 Å². The molecule has 2 aliphatic carbocycles. The molecule has 3 aliphatic rings. The van der Waals surface area contributed by atoms with Crippen LogP contribution in [0.25, 0.3) is 0 Å². The monoisotopic (exact) mass is 450 g/mol. The van der Waals surface area contributed by atoms with Gasteiger partial charge in [0.05, 0.1) is 5.75 Å². The van der Waals surface area contributed by atoms with Crippen LogP contribution in [-0.2, 0) is 4.79 Å². The highest BCUT2D eigenvalue weighted by atomic mass is 35.5. The minimum absolute atomic E-state index is 0.206. The Morgan fingerprint density at radius 2 is 1.97 bits per heavy atom. The molecular weight excluding hydrogens is 416 g/mol. The standard InChI is InChI=1S/C23H35ClN4OS/c1-22(2)11-17-12-23(3,14-22)15-28(17)20(29)13-30-21-25-18(24)10-19(26-21)27(4)16-8-6-5-7-9-16/h10,16-17H,5-9,11-15H2,1-4H3. The van der Waals surface area contributed by atoms with Gasteiger partial charge in [-0.2, -0.15) is 0 Å². The summed E-state index contributed by atoms with van der Waals surface area (Å²) in [6.45, 7) is 7.90. The van der Waals surface area contributed by atoms with Gasteiger partial charge in [-0.15, -0.1) is 0 Å². The minimum atomic E-state index is 0.206. The van der Waals surface area contributed by atoms with Crippen LogP contribution < -0.4 is 4.90 Å². The van der Waals surface area contributed by atoms with E-state index in [0.717, 1.165) is 25.2 Å². The van der Waals surface area contributed by atoms with Crippen LogP contribution in [0.3, 0.4) is 0 Å². The number of anilines is 1. The fourth-order valence-corrected chi connectivity index (χ4v) is 7.21. The van der Waals surface area contributed by atoms with Crippen molar-refractivity contribution < 1.29 is 4.79 Å². The first kappa shape index (κ1) is 22.2. The number of rotatable bonds is 5. The highest BCUT2D eigenvalue weighted by molar-refractivity contribution is 7.99. The van der Waals surface area contributed by atoms with Gasteiger partial charge in [-0.1, -0.05) is 63.4 Å². The summed E-state index contributed by atoms with van der Waals surface area (Å²) in [6.07, 6.45) is 9.70. The van der Waals surface area contributed by atoms with Crippen molar-refractivity contribution >= 4 is 35.1 Å². The van der Waals surface area contributed by atoms with E-state index >= 15 is 0 Å². The van der Waals surface area contributed by atoms with E-state index in [1.807, 2.05) is 6.07 Å². The van der Waals surface area contributed by atoms with Gasteiger partial charge in [0.1, 0.15) is 11.0 Å². The maximum absolute atomic E-state index is 13.1. The van der Waals surface area contributed by atoms with E-state index in [2.05, 4.69) is 42.6 Å². The molecule has 2 saturated carbocycles. The molecule has 0 radical (unpaired) electrons. The largest absolute Gasteiger partial charge is 0.357 e. The Labute approximate surface area is 190 Å². The topological polar surface area (TPSA) is 49.3 Å². The summed E-state index contributed by atoms with van der Waals surface area (Å²) in [5.41, 5.74) is 0.573. The van der Waals surface area contributed by atoms with Gasteiger partial charge in [0.25, 0.3) is 0 Å². The van der Waals surface area contributed by atoms with Gasteiger partial charge in [-0.25, -0.2) is 9.97 Å². The van der Waals surface area contributed by atoms with Gasteiger partial charge < -0.3 is 9.80 Å². The second-order valence-corrected chi connectivity index (χ2v) is 12.1. The number of aromatic nitrogens is 2. The lowest BCUT2D eigenvalue weighted by atomic mass is 9.65. The molecule has 1 amide bonds. The fraction of sp³-hybridized carbons (Fsp3) is 0.783. The molecular formula is C23H35ClN4OS. The molecule has 1 saturated heterocycles. The number of carbonyl (C=O) groups is 1. The Kier molecular flexibility index (Phi) is 6.28. The molecule has 1 aromatic heterocycles. The number of amides is 1. The minimum Gasteiger partial charge on any atom is -0.357 e. The zero-order valence-electron chi connectivity index (χ0n) is 18.8. The molecule has 5 nitrogen and oxygen atoms in total. The molecule has 0 N–H and O–H groups in total. The predicted octanol–water partition coefficient (Wildman–Crippen LogP) is 5.42. The lowest BCUT2D eigenvalue weighted by Crippen LogP contribution is -2.38. The maximum Gasteiger partial charge on any atom is 0.233 e. The molecule has 1 aromatic rings. The summed E-state index contributed by atoms with van der Waals surface area (Å²) in [5, 5.41) is 1.05. The molecule has 0 aromatic carbocycles. The molecule has 1 aliphatic heterocycles. The number of fused-ring (bicyclic) bond motifs is 2.